The predicted molar refractivity (Wildman–Crippen MR) is 90.8 cm³/mol. The Bertz CT molecular complexity index is 1040. The van der Waals surface area contributed by atoms with Gasteiger partial charge in [-0.05, 0) is 36.8 Å². The molecule has 0 aliphatic heterocycles. The van der Waals surface area contributed by atoms with Crippen LogP contribution in [0.3, 0.4) is 0 Å². The van der Waals surface area contributed by atoms with Gasteiger partial charge in [-0.25, -0.2) is 10.5 Å². The Labute approximate surface area is 151 Å². The van der Waals surface area contributed by atoms with Gasteiger partial charge in [-0.1, -0.05) is 12.1 Å². The van der Waals surface area contributed by atoms with E-state index in [0.717, 1.165) is 17.8 Å². The minimum Gasteiger partial charge on any atom is -0.345 e. The third-order valence-electron chi connectivity index (χ3n) is 3.81. The molecule has 2 heterocycles. The van der Waals surface area contributed by atoms with Crippen LogP contribution in [0.4, 0.5) is 13.2 Å². The van der Waals surface area contributed by atoms with E-state index in [1.807, 2.05) is 0 Å². The highest BCUT2D eigenvalue weighted by atomic mass is 19.4. The first-order chi connectivity index (χ1) is 12.8. The summed E-state index contributed by atoms with van der Waals surface area (Å²) >= 11 is 0. The van der Waals surface area contributed by atoms with Gasteiger partial charge < -0.3 is 4.98 Å². The van der Waals surface area contributed by atoms with Crippen LogP contribution in [-0.2, 0) is 17.6 Å². The molecular weight excluding hydrogens is 363 g/mol. The summed E-state index contributed by atoms with van der Waals surface area (Å²) < 4.78 is 37.5. The van der Waals surface area contributed by atoms with Gasteiger partial charge in [-0.3, -0.25) is 14.4 Å². The van der Waals surface area contributed by atoms with Gasteiger partial charge in [0.05, 0.1) is 17.6 Å². The second kappa shape index (κ2) is 7.20. The Morgan fingerprint density at radius 2 is 1.89 bits per heavy atom. The van der Waals surface area contributed by atoms with E-state index >= 15 is 0 Å². The van der Waals surface area contributed by atoms with E-state index in [0.29, 0.717) is 11.2 Å². The van der Waals surface area contributed by atoms with Crippen molar-refractivity contribution in [2.45, 2.75) is 19.7 Å². The maximum absolute atomic E-state index is 12.5. The van der Waals surface area contributed by atoms with Gasteiger partial charge in [-0.2, -0.15) is 13.2 Å². The molecule has 3 aromatic rings. The number of pyridine rings is 2. The number of aryl methyl sites for hydroxylation is 1. The zero-order chi connectivity index (χ0) is 19.6. The van der Waals surface area contributed by atoms with Crippen molar-refractivity contribution < 1.29 is 22.8 Å². The van der Waals surface area contributed by atoms with Crippen molar-refractivity contribution in [3.8, 4) is 0 Å². The molecule has 0 spiro atoms. The standard InChI is InChI=1S/C18H14F3N3O3/c1-10-2-7-13-15(25)14(8-22-16(13)23-10)17(26)24-27-9-11-3-5-12(6-4-11)18(19,20)21/h2-8H,9H2,1H3,(H,24,26)(H,22,23,25). The van der Waals surface area contributed by atoms with Crippen LogP contribution >= 0.6 is 0 Å². The van der Waals surface area contributed by atoms with Gasteiger partial charge in [0.25, 0.3) is 5.91 Å². The molecule has 0 fully saturated rings. The Morgan fingerprint density at radius 1 is 1.19 bits per heavy atom. The molecule has 0 bridgehead atoms. The SMILES string of the molecule is Cc1ccc2c(=O)c(C(=O)NOCc3ccc(C(F)(F)F)cc3)c[nH]c2n1. The van der Waals surface area contributed by atoms with Crippen LogP contribution in [0.1, 0.15) is 27.2 Å². The summed E-state index contributed by atoms with van der Waals surface area (Å²) in [6.07, 6.45) is -3.19. The normalized spacial score (nSPS) is 11.6. The topological polar surface area (TPSA) is 84.1 Å². The largest absolute Gasteiger partial charge is 0.416 e. The van der Waals surface area contributed by atoms with Crippen LogP contribution in [0.25, 0.3) is 11.0 Å². The minimum atomic E-state index is -4.42. The van der Waals surface area contributed by atoms with Gasteiger partial charge in [0.15, 0.2) is 0 Å². The first kappa shape index (κ1) is 18.6. The summed E-state index contributed by atoms with van der Waals surface area (Å²) in [5, 5.41) is 0.260. The highest BCUT2D eigenvalue weighted by molar-refractivity contribution is 5.96. The Balaban J connectivity index is 1.66. The molecule has 0 unspecified atom stereocenters. The van der Waals surface area contributed by atoms with E-state index in [1.165, 1.54) is 18.3 Å². The number of nitrogens with one attached hydrogen (secondary N) is 2. The summed E-state index contributed by atoms with van der Waals surface area (Å²) in [6.45, 7) is 1.61. The maximum atomic E-state index is 12.5. The molecule has 0 saturated heterocycles. The third-order valence-corrected chi connectivity index (χ3v) is 3.81. The number of alkyl halides is 3. The molecule has 27 heavy (non-hydrogen) atoms. The summed E-state index contributed by atoms with van der Waals surface area (Å²) in [5.41, 5.74) is 2.17. The number of hydrogen-bond acceptors (Lipinski definition) is 4. The second-order valence-corrected chi connectivity index (χ2v) is 5.79. The number of carbonyl (C=O) groups excluding carboxylic acids is 1. The fraction of sp³-hybridized carbons (Fsp3) is 0.167. The number of carbonyl (C=O) groups is 1. The van der Waals surface area contributed by atoms with Crippen LogP contribution < -0.4 is 10.9 Å². The number of benzene rings is 1. The first-order valence-corrected chi connectivity index (χ1v) is 7.83. The van der Waals surface area contributed by atoms with Crippen molar-refractivity contribution in [3.05, 3.63) is 75.2 Å². The first-order valence-electron chi connectivity index (χ1n) is 7.83. The number of hydroxylamine groups is 1. The highest BCUT2D eigenvalue weighted by Gasteiger charge is 2.29. The molecule has 3 rings (SSSR count). The molecule has 6 nitrogen and oxygen atoms in total. The molecule has 0 aliphatic carbocycles. The lowest BCUT2D eigenvalue weighted by molar-refractivity contribution is -0.137. The average Bonchev–Trinajstić information content (AvgIpc) is 2.61. The van der Waals surface area contributed by atoms with Crippen molar-refractivity contribution >= 4 is 16.9 Å². The summed E-state index contributed by atoms with van der Waals surface area (Å²) in [4.78, 5) is 36.4. The van der Waals surface area contributed by atoms with Gasteiger partial charge in [0.1, 0.15) is 11.2 Å². The van der Waals surface area contributed by atoms with Gasteiger partial charge in [0, 0.05) is 11.9 Å². The quantitative estimate of drug-likeness (QED) is 0.685. The highest BCUT2D eigenvalue weighted by Crippen LogP contribution is 2.29. The predicted octanol–water partition coefficient (Wildman–Crippen LogP) is 3.11. The molecule has 0 atom stereocenters. The molecule has 2 aromatic heterocycles. The van der Waals surface area contributed by atoms with E-state index in [1.54, 1.807) is 19.1 Å². The lowest BCUT2D eigenvalue weighted by atomic mass is 10.1. The fourth-order valence-electron chi connectivity index (χ4n) is 2.40. The number of H-pyrrole nitrogens is 1. The Hall–Kier alpha value is -3.20. The Morgan fingerprint density at radius 3 is 2.56 bits per heavy atom. The van der Waals surface area contributed by atoms with Gasteiger partial charge in [0.2, 0.25) is 5.43 Å². The van der Waals surface area contributed by atoms with E-state index in [2.05, 4.69) is 15.4 Å². The van der Waals surface area contributed by atoms with Crippen LogP contribution in [-0.4, -0.2) is 15.9 Å². The number of nitrogens with zero attached hydrogens (tertiary/aromatic N) is 1. The average molecular weight is 377 g/mol. The van der Waals surface area contributed by atoms with Crippen LogP contribution in [0, 0.1) is 6.92 Å². The number of amides is 1. The zero-order valence-corrected chi connectivity index (χ0v) is 14.1. The van der Waals surface area contributed by atoms with Crippen LogP contribution in [0.15, 0.2) is 47.4 Å². The molecule has 140 valence electrons. The van der Waals surface area contributed by atoms with Crippen molar-refractivity contribution in [2.75, 3.05) is 0 Å². The van der Waals surface area contributed by atoms with E-state index in [9.17, 15) is 22.8 Å². The number of fused-ring (bicyclic) bond motifs is 1. The monoisotopic (exact) mass is 377 g/mol. The summed E-state index contributed by atoms with van der Waals surface area (Å²) in [6, 6.07) is 7.54. The van der Waals surface area contributed by atoms with E-state index < -0.39 is 23.1 Å². The number of rotatable bonds is 4. The number of aromatic amines is 1. The van der Waals surface area contributed by atoms with Crippen molar-refractivity contribution in [3.63, 3.8) is 0 Å². The van der Waals surface area contributed by atoms with Crippen molar-refractivity contribution in [1.82, 2.24) is 15.4 Å². The molecule has 1 aromatic carbocycles. The minimum absolute atomic E-state index is 0.157. The Kier molecular flexibility index (Phi) is 4.95. The second-order valence-electron chi connectivity index (χ2n) is 5.79. The zero-order valence-electron chi connectivity index (χ0n) is 14.1. The van der Waals surface area contributed by atoms with Crippen molar-refractivity contribution in [1.29, 1.82) is 0 Å². The molecule has 0 saturated carbocycles. The number of aromatic nitrogens is 2. The maximum Gasteiger partial charge on any atom is 0.416 e. The van der Waals surface area contributed by atoms with E-state index in [-0.39, 0.29) is 17.6 Å². The molecule has 2 N–H and O–H groups in total. The molecule has 0 aliphatic rings. The summed E-state index contributed by atoms with van der Waals surface area (Å²) in [5.74, 6) is -0.773. The third kappa shape index (κ3) is 4.14. The summed E-state index contributed by atoms with van der Waals surface area (Å²) in [7, 11) is 0. The molecule has 1 amide bonds. The smallest absolute Gasteiger partial charge is 0.345 e. The fourth-order valence-corrected chi connectivity index (χ4v) is 2.40. The van der Waals surface area contributed by atoms with E-state index in [4.69, 9.17) is 4.84 Å². The lowest BCUT2D eigenvalue weighted by Gasteiger charge is -2.09. The van der Waals surface area contributed by atoms with Crippen LogP contribution in [0.2, 0.25) is 0 Å². The lowest BCUT2D eigenvalue weighted by Crippen LogP contribution is -2.29. The molecule has 0 radical (unpaired) electrons. The van der Waals surface area contributed by atoms with Crippen molar-refractivity contribution in [2.24, 2.45) is 0 Å². The molecular formula is C18H14F3N3O3. The number of hydrogen-bond donors (Lipinski definition) is 2. The number of halogens is 3. The van der Waals surface area contributed by atoms with Gasteiger partial charge >= 0.3 is 6.18 Å². The van der Waals surface area contributed by atoms with Gasteiger partial charge in [-0.15, -0.1) is 0 Å². The molecule has 9 heteroatoms. The van der Waals surface area contributed by atoms with Crippen LogP contribution in [0.5, 0.6) is 0 Å².